The molecule has 1 aromatic rings. The van der Waals surface area contributed by atoms with Crippen LogP contribution in [0.2, 0.25) is 0 Å². The number of hydrogen-bond donors (Lipinski definition) is 2. The van der Waals surface area contributed by atoms with E-state index in [-0.39, 0.29) is 5.57 Å². The van der Waals surface area contributed by atoms with Gasteiger partial charge in [0.2, 0.25) is 0 Å². The average Bonchev–Trinajstić information content (AvgIpc) is 2.55. The number of rotatable bonds is 4. The monoisotopic (exact) mass is 313 g/mol. The number of nitrogens with zero attached hydrogens (tertiary/aromatic N) is 3. The Bertz CT molecular complexity index is 609. The standard InChI is InChI=1S/C17H23N5O/c1-21-9-7-16(8-10-21)22(2)12-13(11-18)17(23)20-15-5-3-14(19)4-6-15/h3-6,12,16H,7-10,19H2,1-2H3,(H,20,23)/b13-12-. The molecular formula is C17H23N5O. The summed E-state index contributed by atoms with van der Waals surface area (Å²) < 4.78 is 0. The summed E-state index contributed by atoms with van der Waals surface area (Å²) in [5.41, 5.74) is 6.96. The van der Waals surface area contributed by atoms with Crippen molar-refractivity contribution in [3.8, 4) is 6.07 Å². The van der Waals surface area contributed by atoms with Gasteiger partial charge in [-0.15, -0.1) is 0 Å². The van der Waals surface area contributed by atoms with Crippen molar-refractivity contribution in [2.45, 2.75) is 18.9 Å². The zero-order chi connectivity index (χ0) is 16.8. The number of carbonyl (C=O) groups is 1. The topological polar surface area (TPSA) is 85.4 Å². The van der Waals surface area contributed by atoms with Gasteiger partial charge < -0.3 is 20.9 Å². The van der Waals surface area contributed by atoms with E-state index >= 15 is 0 Å². The van der Waals surface area contributed by atoms with E-state index in [4.69, 9.17) is 5.73 Å². The highest BCUT2D eigenvalue weighted by Crippen LogP contribution is 2.16. The minimum Gasteiger partial charge on any atom is -0.399 e. The number of piperidine rings is 1. The first-order valence-corrected chi connectivity index (χ1v) is 7.69. The first-order valence-electron chi connectivity index (χ1n) is 7.69. The Morgan fingerprint density at radius 2 is 2.00 bits per heavy atom. The molecule has 1 heterocycles. The molecule has 0 aromatic heterocycles. The van der Waals surface area contributed by atoms with E-state index < -0.39 is 5.91 Å². The Labute approximate surface area is 137 Å². The molecular weight excluding hydrogens is 290 g/mol. The van der Waals surface area contributed by atoms with Crippen LogP contribution in [0.1, 0.15) is 12.8 Å². The van der Waals surface area contributed by atoms with E-state index in [2.05, 4.69) is 17.3 Å². The summed E-state index contributed by atoms with van der Waals surface area (Å²) >= 11 is 0. The van der Waals surface area contributed by atoms with Crippen LogP contribution >= 0.6 is 0 Å². The van der Waals surface area contributed by atoms with E-state index in [0.717, 1.165) is 25.9 Å². The molecule has 1 aliphatic heterocycles. The lowest BCUT2D eigenvalue weighted by molar-refractivity contribution is -0.112. The quantitative estimate of drug-likeness (QED) is 0.501. The van der Waals surface area contributed by atoms with Crippen molar-refractivity contribution in [2.75, 3.05) is 38.2 Å². The van der Waals surface area contributed by atoms with Crippen molar-refractivity contribution < 1.29 is 4.79 Å². The first kappa shape index (κ1) is 16.8. The minimum atomic E-state index is -0.406. The maximum atomic E-state index is 12.2. The maximum Gasteiger partial charge on any atom is 0.267 e. The van der Waals surface area contributed by atoms with E-state index in [9.17, 15) is 10.1 Å². The maximum absolute atomic E-state index is 12.2. The molecule has 1 saturated heterocycles. The predicted molar refractivity (Wildman–Crippen MR) is 91.5 cm³/mol. The predicted octanol–water partition coefficient (Wildman–Crippen LogP) is 1.64. The first-order chi connectivity index (χ1) is 11.0. The normalized spacial score (nSPS) is 16.7. The Kier molecular flexibility index (Phi) is 5.61. The number of hydrogen-bond acceptors (Lipinski definition) is 5. The smallest absolute Gasteiger partial charge is 0.267 e. The summed E-state index contributed by atoms with van der Waals surface area (Å²) in [6.45, 7) is 2.06. The van der Waals surface area contributed by atoms with E-state index in [1.54, 1.807) is 30.5 Å². The number of nitriles is 1. The molecule has 2 rings (SSSR count). The number of amides is 1. The molecule has 23 heavy (non-hydrogen) atoms. The number of likely N-dealkylation sites (tertiary alicyclic amines) is 1. The Morgan fingerprint density at radius 3 is 2.57 bits per heavy atom. The molecule has 1 amide bonds. The van der Waals surface area contributed by atoms with E-state index in [0.29, 0.717) is 17.4 Å². The van der Waals surface area contributed by atoms with Gasteiger partial charge in [0, 0.05) is 30.7 Å². The van der Waals surface area contributed by atoms with Crippen LogP contribution in [-0.4, -0.2) is 48.9 Å². The van der Waals surface area contributed by atoms with Crippen molar-refractivity contribution in [3.05, 3.63) is 36.0 Å². The molecule has 0 bridgehead atoms. The van der Waals surface area contributed by atoms with Crippen LogP contribution in [0.25, 0.3) is 0 Å². The average molecular weight is 313 g/mol. The van der Waals surface area contributed by atoms with Crippen LogP contribution < -0.4 is 11.1 Å². The third kappa shape index (κ3) is 4.73. The van der Waals surface area contributed by atoms with Gasteiger partial charge in [-0.3, -0.25) is 4.79 Å². The summed E-state index contributed by atoms with van der Waals surface area (Å²) in [7, 11) is 4.02. The van der Waals surface area contributed by atoms with Crippen LogP contribution in [0, 0.1) is 11.3 Å². The van der Waals surface area contributed by atoms with Gasteiger partial charge in [0.15, 0.2) is 0 Å². The second-order valence-corrected chi connectivity index (χ2v) is 5.93. The second-order valence-electron chi connectivity index (χ2n) is 5.93. The molecule has 0 spiro atoms. The number of nitrogen functional groups attached to an aromatic ring is 1. The zero-order valence-corrected chi connectivity index (χ0v) is 13.6. The highest BCUT2D eigenvalue weighted by atomic mass is 16.1. The van der Waals surface area contributed by atoms with Crippen LogP contribution in [-0.2, 0) is 4.79 Å². The van der Waals surface area contributed by atoms with Crippen molar-refractivity contribution in [2.24, 2.45) is 0 Å². The highest BCUT2D eigenvalue weighted by Gasteiger charge is 2.20. The van der Waals surface area contributed by atoms with Crippen LogP contribution in [0.3, 0.4) is 0 Å². The van der Waals surface area contributed by atoms with Gasteiger partial charge in [-0.1, -0.05) is 0 Å². The van der Waals surface area contributed by atoms with Crippen molar-refractivity contribution in [1.82, 2.24) is 9.80 Å². The molecule has 0 atom stereocenters. The lowest BCUT2D eigenvalue weighted by Gasteiger charge is -2.34. The number of carbonyl (C=O) groups excluding carboxylic acids is 1. The molecule has 0 aliphatic carbocycles. The Morgan fingerprint density at radius 1 is 1.39 bits per heavy atom. The Hall–Kier alpha value is -2.52. The number of benzene rings is 1. The van der Waals surface area contributed by atoms with Crippen LogP contribution in [0.15, 0.2) is 36.0 Å². The molecule has 1 fully saturated rings. The largest absolute Gasteiger partial charge is 0.399 e. The third-order valence-electron chi connectivity index (χ3n) is 4.13. The van der Waals surface area contributed by atoms with Crippen LogP contribution in [0.4, 0.5) is 11.4 Å². The molecule has 122 valence electrons. The van der Waals surface area contributed by atoms with Gasteiger partial charge in [0.1, 0.15) is 11.6 Å². The van der Waals surface area contributed by atoms with Gasteiger partial charge in [-0.25, -0.2) is 0 Å². The van der Waals surface area contributed by atoms with E-state index in [1.807, 2.05) is 18.0 Å². The lowest BCUT2D eigenvalue weighted by atomic mass is 10.0. The zero-order valence-electron chi connectivity index (χ0n) is 13.6. The summed E-state index contributed by atoms with van der Waals surface area (Å²) in [5, 5.41) is 12.0. The number of nitrogens with one attached hydrogen (secondary N) is 1. The molecule has 1 aliphatic rings. The van der Waals surface area contributed by atoms with Gasteiger partial charge >= 0.3 is 0 Å². The van der Waals surface area contributed by atoms with Crippen molar-refractivity contribution >= 4 is 17.3 Å². The molecule has 0 saturated carbocycles. The molecule has 0 radical (unpaired) electrons. The number of nitrogens with two attached hydrogens (primary N) is 1. The lowest BCUT2D eigenvalue weighted by Crippen LogP contribution is -2.40. The van der Waals surface area contributed by atoms with Crippen molar-refractivity contribution in [1.29, 1.82) is 5.26 Å². The fourth-order valence-electron chi connectivity index (χ4n) is 2.61. The summed E-state index contributed by atoms with van der Waals surface area (Å²) in [6, 6.07) is 9.18. The van der Waals surface area contributed by atoms with Gasteiger partial charge in [0.05, 0.1) is 0 Å². The SMILES string of the molecule is CN1CCC(N(C)/C=C(/C#N)C(=O)Nc2ccc(N)cc2)CC1. The minimum absolute atomic E-state index is 0.100. The Balaban J connectivity index is 2.01. The van der Waals surface area contributed by atoms with Crippen LogP contribution in [0.5, 0.6) is 0 Å². The molecule has 6 heteroatoms. The molecule has 6 nitrogen and oxygen atoms in total. The summed E-state index contributed by atoms with van der Waals surface area (Å²) in [4.78, 5) is 16.5. The summed E-state index contributed by atoms with van der Waals surface area (Å²) in [5.74, 6) is -0.406. The second kappa shape index (κ2) is 7.65. The van der Waals surface area contributed by atoms with Crippen molar-refractivity contribution in [3.63, 3.8) is 0 Å². The molecule has 0 unspecified atom stereocenters. The fourth-order valence-corrected chi connectivity index (χ4v) is 2.61. The number of anilines is 2. The fraction of sp³-hybridized carbons (Fsp3) is 0.412. The van der Waals surface area contributed by atoms with Gasteiger partial charge in [-0.05, 0) is 57.2 Å². The van der Waals surface area contributed by atoms with Gasteiger partial charge in [0.25, 0.3) is 5.91 Å². The summed E-state index contributed by atoms with van der Waals surface area (Å²) in [6.07, 6.45) is 3.70. The molecule has 3 N–H and O–H groups in total. The van der Waals surface area contributed by atoms with E-state index in [1.165, 1.54) is 0 Å². The third-order valence-corrected chi connectivity index (χ3v) is 4.13. The molecule has 1 aromatic carbocycles. The highest BCUT2D eigenvalue weighted by molar-refractivity contribution is 6.06. The van der Waals surface area contributed by atoms with Gasteiger partial charge in [-0.2, -0.15) is 5.26 Å².